The lowest BCUT2D eigenvalue weighted by molar-refractivity contribution is 0.426. The van der Waals surface area contributed by atoms with Crippen molar-refractivity contribution in [3.05, 3.63) is 134 Å². The first-order valence-electron chi connectivity index (χ1n) is 13.1. The minimum absolute atomic E-state index is 0.470. The van der Waals surface area contributed by atoms with Crippen LogP contribution in [0.3, 0.4) is 0 Å². The number of hydrogen-bond donors (Lipinski definition) is 2. The molecule has 3 heterocycles. The van der Waals surface area contributed by atoms with Crippen LogP contribution in [0.5, 0.6) is 0 Å². The molecule has 0 saturated carbocycles. The van der Waals surface area contributed by atoms with Crippen molar-refractivity contribution in [2.75, 3.05) is 0 Å². The summed E-state index contributed by atoms with van der Waals surface area (Å²) < 4.78 is 2.23. The van der Waals surface area contributed by atoms with Crippen LogP contribution in [0.15, 0.2) is 134 Å². The Hall–Kier alpha value is -5.04. The molecule has 6 heteroatoms. The quantitative estimate of drug-likeness (QED) is 0.265. The first-order valence-corrected chi connectivity index (χ1v) is 13.1. The lowest BCUT2D eigenvalue weighted by Gasteiger charge is -2.13. The number of para-hydroxylation sites is 1. The topological polar surface area (TPSA) is 71.2 Å². The monoisotopic (exact) mass is 517 g/mol. The van der Waals surface area contributed by atoms with Crippen molar-refractivity contribution in [2.24, 2.45) is 0 Å². The molecule has 4 aromatic carbocycles. The van der Waals surface area contributed by atoms with Gasteiger partial charge in [-0.25, -0.2) is 0 Å². The van der Waals surface area contributed by atoms with Gasteiger partial charge in [-0.1, -0.05) is 54.6 Å². The largest absolute Gasteiger partial charge is 0.488 e. The van der Waals surface area contributed by atoms with Gasteiger partial charge in [-0.3, -0.25) is 9.97 Å². The van der Waals surface area contributed by atoms with E-state index < -0.39 is 7.12 Å². The number of rotatable bonds is 5. The van der Waals surface area contributed by atoms with Crippen molar-refractivity contribution in [3.8, 4) is 39.3 Å². The van der Waals surface area contributed by atoms with Crippen molar-refractivity contribution >= 4 is 34.4 Å². The highest BCUT2D eigenvalue weighted by atomic mass is 16.4. The Bertz CT molecular complexity index is 1930. The van der Waals surface area contributed by atoms with Gasteiger partial charge in [-0.2, -0.15) is 0 Å². The highest BCUT2D eigenvalue weighted by Gasteiger charge is 2.17. The molecule has 0 saturated heterocycles. The van der Waals surface area contributed by atoms with Gasteiger partial charge in [0.15, 0.2) is 0 Å². The number of aromatic nitrogens is 3. The van der Waals surface area contributed by atoms with Crippen LogP contribution in [-0.4, -0.2) is 31.7 Å². The van der Waals surface area contributed by atoms with E-state index in [1.54, 1.807) is 6.07 Å². The molecule has 7 aromatic rings. The van der Waals surface area contributed by atoms with Crippen LogP contribution in [0, 0.1) is 0 Å². The minimum atomic E-state index is -1.52. The summed E-state index contributed by atoms with van der Waals surface area (Å²) in [6, 6.07) is 40.7. The Morgan fingerprint density at radius 2 is 1.15 bits per heavy atom. The van der Waals surface area contributed by atoms with E-state index >= 15 is 0 Å². The third-order valence-corrected chi connectivity index (χ3v) is 7.29. The van der Waals surface area contributed by atoms with Crippen LogP contribution in [-0.2, 0) is 0 Å². The molecular formula is C34H24BN3O2. The summed E-state index contributed by atoms with van der Waals surface area (Å²) in [5.74, 6) is 0. The van der Waals surface area contributed by atoms with Gasteiger partial charge in [0.1, 0.15) is 0 Å². The van der Waals surface area contributed by atoms with Gasteiger partial charge in [0.2, 0.25) is 0 Å². The summed E-state index contributed by atoms with van der Waals surface area (Å²) >= 11 is 0. The standard InChI is InChI=1S/C34H24BN3O2/c39-35(40)27-14-15-34-30(22-27)29-10-1-2-13-33(29)38(34)28-9-7-8-23(21-28)24-18-25(31-11-3-5-16-36-31)20-26(19-24)32-12-4-6-17-37-32/h1-22,39-40H. The average Bonchev–Trinajstić information content (AvgIpc) is 3.35. The molecule has 3 aromatic heterocycles. The Labute approximate surface area is 231 Å². The van der Waals surface area contributed by atoms with Crippen LogP contribution < -0.4 is 5.46 Å². The molecule has 190 valence electrons. The Morgan fingerprint density at radius 1 is 0.500 bits per heavy atom. The molecule has 0 unspecified atom stereocenters. The first-order chi connectivity index (χ1) is 19.7. The van der Waals surface area contributed by atoms with Crippen molar-refractivity contribution < 1.29 is 10.0 Å². The number of hydrogen-bond acceptors (Lipinski definition) is 4. The second-order valence-corrected chi connectivity index (χ2v) is 9.78. The highest BCUT2D eigenvalue weighted by molar-refractivity contribution is 6.59. The fourth-order valence-electron chi connectivity index (χ4n) is 5.41. The zero-order chi connectivity index (χ0) is 27.1. The fraction of sp³-hybridized carbons (Fsp3) is 0. The molecule has 0 aliphatic rings. The van der Waals surface area contributed by atoms with E-state index in [1.165, 1.54) is 0 Å². The number of benzene rings is 4. The van der Waals surface area contributed by atoms with E-state index in [2.05, 4.69) is 69.1 Å². The summed E-state index contributed by atoms with van der Waals surface area (Å²) in [6.45, 7) is 0. The van der Waals surface area contributed by atoms with Gasteiger partial charge < -0.3 is 14.6 Å². The number of pyridine rings is 2. The van der Waals surface area contributed by atoms with Crippen LogP contribution in [0.25, 0.3) is 61.1 Å². The molecule has 40 heavy (non-hydrogen) atoms. The van der Waals surface area contributed by atoms with Crippen LogP contribution >= 0.6 is 0 Å². The predicted octanol–water partition coefficient (Wildman–Crippen LogP) is 6.25. The maximum atomic E-state index is 9.79. The second kappa shape index (κ2) is 9.93. The summed E-state index contributed by atoms with van der Waals surface area (Å²) in [5, 5.41) is 21.6. The van der Waals surface area contributed by atoms with E-state index in [1.807, 2.05) is 73.1 Å². The predicted molar refractivity (Wildman–Crippen MR) is 163 cm³/mol. The van der Waals surface area contributed by atoms with E-state index in [0.717, 1.165) is 61.1 Å². The van der Waals surface area contributed by atoms with E-state index in [-0.39, 0.29) is 0 Å². The molecule has 0 spiro atoms. The van der Waals surface area contributed by atoms with Gasteiger partial charge in [-0.15, -0.1) is 0 Å². The molecule has 5 nitrogen and oxygen atoms in total. The number of fused-ring (bicyclic) bond motifs is 3. The lowest BCUT2D eigenvalue weighted by Crippen LogP contribution is -2.29. The number of nitrogens with zero attached hydrogens (tertiary/aromatic N) is 3. The average molecular weight is 517 g/mol. The Morgan fingerprint density at radius 3 is 1.82 bits per heavy atom. The van der Waals surface area contributed by atoms with Crippen LogP contribution in [0.1, 0.15) is 0 Å². The molecule has 0 radical (unpaired) electrons. The Balaban J connectivity index is 1.43. The zero-order valence-electron chi connectivity index (χ0n) is 21.5. The molecule has 7 rings (SSSR count). The lowest BCUT2D eigenvalue weighted by atomic mass is 9.80. The Kier molecular flexibility index (Phi) is 5.97. The summed E-state index contributed by atoms with van der Waals surface area (Å²) in [7, 11) is -1.52. The zero-order valence-corrected chi connectivity index (χ0v) is 21.5. The maximum Gasteiger partial charge on any atom is 0.488 e. The van der Waals surface area contributed by atoms with E-state index in [9.17, 15) is 10.0 Å². The SMILES string of the molecule is OB(O)c1ccc2c(c1)c1ccccc1n2-c1cccc(-c2cc(-c3ccccn3)cc(-c3ccccn3)c2)c1. The van der Waals surface area contributed by atoms with Gasteiger partial charge in [0.05, 0.1) is 22.4 Å². The molecule has 0 atom stereocenters. The maximum absolute atomic E-state index is 9.79. The second-order valence-electron chi connectivity index (χ2n) is 9.78. The molecule has 0 amide bonds. The summed E-state index contributed by atoms with van der Waals surface area (Å²) in [6.07, 6.45) is 3.62. The van der Waals surface area contributed by atoms with Crippen molar-refractivity contribution in [1.82, 2.24) is 14.5 Å². The first kappa shape index (κ1) is 24.0. The molecule has 0 fully saturated rings. The van der Waals surface area contributed by atoms with Gasteiger partial charge in [0, 0.05) is 40.0 Å². The fourth-order valence-corrected chi connectivity index (χ4v) is 5.41. The molecule has 0 bridgehead atoms. The van der Waals surface area contributed by atoms with E-state index in [4.69, 9.17) is 0 Å². The van der Waals surface area contributed by atoms with E-state index in [0.29, 0.717) is 5.46 Å². The summed E-state index contributed by atoms with van der Waals surface area (Å²) in [5.41, 5.74) is 9.53. The van der Waals surface area contributed by atoms with Crippen molar-refractivity contribution in [3.63, 3.8) is 0 Å². The van der Waals surface area contributed by atoms with Gasteiger partial charge >= 0.3 is 7.12 Å². The molecule has 0 aliphatic heterocycles. The minimum Gasteiger partial charge on any atom is -0.423 e. The highest BCUT2D eigenvalue weighted by Crippen LogP contribution is 2.35. The van der Waals surface area contributed by atoms with Crippen LogP contribution in [0.4, 0.5) is 0 Å². The van der Waals surface area contributed by atoms with Crippen molar-refractivity contribution in [1.29, 1.82) is 0 Å². The normalized spacial score (nSPS) is 11.2. The molecule has 0 aliphatic carbocycles. The van der Waals surface area contributed by atoms with Crippen LogP contribution in [0.2, 0.25) is 0 Å². The summed E-state index contributed by atoms with van der Waals surface area (Å²) in [4.78, 5) is 9.21. The third kappa shape index (κ3) is 4.26. The third-order valence-electron chi connectivity index (χ3n) is 7.29. The smallest absolute Gasteiger partial charge is 0.423 e. The molecular weight excluding hydrogens is 493 g/mol. The molecule has 2 N–H and O–H groups in total. The van der Waals surface area contributed by atoms with Crippen molar-refractivity contribution in [2.45, 2.75) is 0 Å². The van der Waals surface area contributed by atoms with Gasteiger partial charge in [-0.05, 0) is 83.3 Å². The van der Waals surface area contributed by atoms with Gasteiger partial charge in [0.25, 0.3) is 0 Å².